The van der Waals surface area contributed by atoms with E-state index in [2.05, 4.69) is 25.6 Å². The number of aryl methyl sites for hydroxylation is 1. The van der Waals surface area contributed by atoms with E-state index in [0.29, 0.717) is 24.7 Å². The third kappa shape index (κ3) is 3.34. The normalized spacial score (nSPS) is 19.4. The minimum atomic E-state index is -0.124. The minimum Gasteiger partial charge on any atom is -0.370 e. The second kappa shape index (κ2) is 6.91. The van der Waals surface area contributed by atoms with Gasteiger partial charge in [-0.2, -0.15) is 5.10 Å². The van der Waals surface area contributed by atoms with Gasteiger partial charge in [-0.1, -0.05) is 0 Å². The molecule has 1 atom stereocenters. The van der Waals surface area contributed by atoms with E-state index in [1.807, 2.05) is 10.8 Å². The molecular formula is C17H23N7O2. The fraction of sp³-hybridized carbons (Fsp3) is 0.529. The lowest BCUT2D eigenvalue weighted by Crippen LogP contribution is -2.31. The predicted molar refractivity (Wildman–Crippen MR) is 96.1 cm³/mol. The summed E-state index contributed by atoms with van der Waals surface area (Å²) in [6.07, 6.45) is 4.52. The number of nitrogens with zero attached hydrogens (tertiary/aromatic N) is 5. The molecule has 2 aromatic heterocycles. The summed E-state index contributed by atoms with van der Waals surface area (Å²) in [5, 5.41) is 10.3. The largest absolute Gasteiger partial charge is 0.370 e. The van der Waals surface area contributed by atoms with Gasteiger partial charge in [-0.05, 0) is 12.3 Å². The summed E-state index contributed by atoms with van der Waals surface area (Å²) in [6, 6.07) is 1.61. The first-order chi connectivity index (χ1) is 12.6. The molecular weight excluding hydrogens is 334 g/mol. The molecule has 1 saturated heterocycles. The Kier molecular flexibility index (Phi) is 4.46. The average molecular weight is 357 g/mol. The van der Waals surface area contributed by atoms with Gasteiger partial charge in [0.05, 0.1) is 18.4 Å². The first-order valence-corrected chi connectivity index (χ1v) is 8.93. The van der Waals surface area contributed by atoms with Gasteiger partial charge in [0.1, 0.15) is 11.5 Å². The Morgan fingerprint density at radius 2 is 2.31 bits per heavy atom. The molecule has 2 aromatic rings. The number of aromatic nitrogens is 4. The third-order valence-electron chi connectivity index (χ3n) is 5.06. The van der Waals surface area contributed by atoms with Crippen LogP contribution in [-0.4, -0.2) is 51.4 Å². The van der Waals surface area contributed by atoms with Crippen LogP contribution in [-0.2, 0) is 20.1 Å². The molecule has 26 heavy (non-hydrogen) atoms. The number of rotatable bonds is 4. The van der Waals surface area contributed by atoms with Gasteiger partial charge >= 0.3 is 0 Å². The van der Waals surface area contributed by atoms with Crippen LogP contribution in [0, 0.1) is 5.92 Å². The van der Waals surface area contributed by atoms with Crippen molar-refractivity contribution >= 4 is 11.6 Å². The van der Waals surface area contributed by atoms with E-state index < -0.39 is 0 Å². The van der Waals surface area contributed by atoms with E-state index in [1.54, 1.807) is 19.3 Å². The van der Waals surface area contributed by atoms with Crippen LogP contribution in [0.5, 0.6) is 0 Å². The highest BCUT2D eigenvalue weighted by Crippen LogP contribution is 2.21. The molecule has 4 rings (SSSR count). The molecule has 4 heterocycles. The molecule has 1 amide bonds. The molecule has 0 radical (unpaired) electrons. The van der Waals surface area contributed by atoms with Crippen molar-refractivity contribution in [1.82, 2.24) is 30.0 Å². The number of hydrogen-bond donors (Lipinski definition) is 2. The number of imidazole rings is 1. The molecule has 0 spiro atoms. The summed E-state index contributed by atoms with van der Waals surface area (Å²) in [5.41, 5.74) is 1.21. The lowest BCUT2D eigenvalue weighted by molar-refractivity contribution is 0.0943. The van der Waals surface area contributed by atoms with E-state index in [0.717, 1.165) is 44.1 Å². The summed E-state index contributed by atoms with van der Waals surface area (Å²) >= 11 is 0. The number of nitrogens with one attached hydrogen (secondary N) is 2. The van der Waals surface area contributed by atoms with Crippen molar-refractivity contribution in [3.05, 3.63) is 40.3 Å². The fourth-order valence-electron chi connectivity index (χ4n) is 3.49. The Morgan fingerprint density at radius 1 is 1.42 bits per heavy atom. The zero-order valence-corrected chi connectivity index (χ0v) is 14.8. The molecule has 0 bridgehead atoms. The van der Waals surface area contributed by atoms with Gasteiger partial charge in [-0.25, -0.2) is 9.67 Å². The highest BCUT2D eigenvalue weighted by Gasteiger charge is 2.24. The van der Waals surface area contributed by atoms with Crippen molar-refractivity contribution < 1.29 is 4.79 Å². The predicted octanol–water partition coefficient (Wildman–Crippen LogP) is -0.664. The van der Waals surface area contributed by atoms with Crippen molar-refractivity contribution in [2.24, 2.45) is 13.0 Å². The maximum absolute atomic E-state index is 12.4. The summed E-state index contributed by atoms with van der Waals surface area (Å²) in [7, 11) is 1.64. The van der Waals surface area contributed by atoms with E-state index in [1.165, 1.54) is 4.68 Å². The van der Waals surface area contributed by atoms with E-state index >= 15 is 0 Å². The van der Waals surface area contributed by atoms with Crippen molar-refractivity contribution in [2.45, 2.75) is 19.5 Å². The second-order valence-corrected chi connectivity index (χ2v) is 6.90. The van der Waals surface area contributed by atoms with Gasteiger partial charge in [0.15, 0.2) is 0 Å². The molecule has 2 aliphatic heterocycles. The van der Waals surface area contributed by atoms with Crippen molar-refractivity contribution in [2.75, 3.05) is 31.1 Å². The lowest BCUT2D eigenvalue weighted by atomic mass is 10.1. The summed E-state index contributed by atoms with van der Waals surface area (Å²) in [4.78, 5) is 30.7. The quantitative estimate of drug-likeness (QED) is 0.754. The molecule has 1 unspecified atom stereocenters. The number of hydrogen-bond acceptors (Lipinski definition) is 6. The van der Waals surface area contributed by atoms with E-state index in [-0.39, 0.29) is 11.5 Å². The molecule has 1 fully saturated rings. The Hall–Kier alpha value is -2.68. The molecule has 9 heteroatoms. The van der Waals surface area contributed by atoms with Crippen LogP contribution in [0.1, 0.15) is 22.7 Å². The third-order valence-corrected chi connectivity index (χ3v) is 5.06. The van der Waals surface area contributed by atoms with Crippen LogP contribution in [0.15, 0.2) is 23.3 Å². The van der Waals surface area contributed by atoms with Crippen molar-refractivity contribution in [1.29, 1.82) is 0 Å². The SMILES string of the molecule is Cn1ncc(N2CCC(CNC(=O)c3cn4c(n3)CNCC4)C2)cc1=O. The standard InChI is InChI=1S/C17H23N7O2/c1-22-16(25)6-13(8-20-22)23-4-2-12(10-23)7-19-17(26)14-11-24-5-3-18-9-15(24)21-14/h6,8,11-12,18H,2-5,7,9-10H2,1H3,(H,19,26). The van der Waals surface area contributed by atoms with Crippen LogP contribution in [0.4, 0.5) is 5.69 Å². The molecule has 0 aromatic carbocycles. The Labute approximate surface area is 151 Å². The molecule has 0 saturated carbocycles. The maximum Gasteiger partial charge on any atom is 0.271 e. The maximum atomic E-state index is 12.4. The van der Waals surface area contributed by atoms with E-state index in [4.69, 9.17) is 0 Å². The van der Waals surface area contributed by atoms with Crippen LogP contribution >= 0.6 is 0 Å². The van der Waals surface area contributed by atoms with Gasteiger partial charge in [0.2, 0.25) is 0 Å². The number of carbonyl (C=O) groups excluding carboxylic acids is 1. The van der Waals surface area contributed by atoms with Gasteiger partial charge in [-0.3, -0.25) is 9.59 Å². The highest BCUT2D eigenvalue weighted by atomic mass is 16.2. The topological polar surface area (TPSA) is 97.1 Å². The summed E-state index contributed by atoms with van der Waals surface area (Å²) in [6.45, 7) is 4.72. The van der Waals surface area contributed by atoms with Gasteiger partial charge in [0.25, 0.3) is 11.5 Å². The first kappa shape index (κ1) is 16.8. The first-order valence-electron chi connectivity index (χ1n) is 8.93. The molecule has 2 aliphatic rings. The van der Waals surface area contributed by atoms with E-state index in [9.17, 15) is 9.59 Å². The van der Waals surface area contributed by atoms with Gasteiger partial charge in [-0.15, -0.1) is 0 Å². The van der Waals surface area contributed by atoms with Crippen molar-refractivity contribution in [3.63, 3.8) is 0 Å². The average Bonchev–Trinajstić information content (AvgIpc) is 3.28. The summed E-state index contributed by atoms with van der Waals surface area (Å²) in [5.74, 6) is 1.13. The smallest absolute Gasteiger partial charge is 0.271 e. The number of fused-ring (bicyclic) bond motifs is 1. The second-order valence-electron chi connectivity index (χ2n) is 6.90. The van der Waals surface area contributed by atoms with Crippen LogP contribution in [0.25, 0.3) is 0 Å². The Balaban J connectivity index is 1.32. The number of amides is 1. The zero-order valence-electron chi connectivity index (χ0n) is 14.8. The lowest BCUT2D eigenvalue weighted by Gasteiger charge is -2.18. The molecule has 0 aliphatic carbocycles. The van der Waals surface area contributed by atoms with Crippen LogP contribution in [0.2, 0.25) is 0 Å². The molecule has 2 N–H and O–H groups in total. The van der Waals surface area contributed by atoms with Crippen LogP contribution in [0.3, 0.4) is 0 Å². The summed E-state index contributed by atoms with van der Waals surface area (Å²) < 4.78 is 3.35. The van der Waals surface area contributed by atoms with Crippen LogP contribution < -0.4 is 21.1 Å². The van der Waals surface area contributed by atoms with Gasteiger partial charge < -0.3 is 20.1 Å². The fourth-order valence-corrected chi connectivity index (χ4v) is 3.49. The Bertz CT molecular complexity index is 849. The minimum absolute atomic E-state index is 0.113. The monoisotopic (exact) mass is 357 g/mol. The Morgan fingerprint density at radius 3 is 3.12 bits per heavy atom. The van der Waals surface area contributed by atoms with Gasteiger partial charge in [0, 0.05) is 52.0 Å². The zero-order chi connectivity index (χ0) is 18.1. The van der Waals surface area contributed by atoms with Crippen molar-refractivity contribution in [3.8, 4) is 0 Å². The molecule has 9 nitrogen and oxygen atoms in total. The highest BCUT2D eigenvalue weighted by molar-refractivity contribution is 5.92. The number of anilines is 1. The number of carbonyl (C=O) groups is 1. The molecule has 138 valence electrons.